The van der Waals surface area contributed by atoms with Crippen LogP contribution in [0.1, 0.15) is 36.8 Å². The van der Waals surface area contributed by atoms with Gasteiger partial charge in [-0.05, 0) is 49.0 Å². The molecule has 0 heterocycles. The van der Waals surface area contributed by atoms with Crippen LogP contribution < -0.4 is 10.5 Å². The number of ketones is 1. The molecule has 1 fully saturated rings. The van der Waals surface area contributed by atoms with Gasteiger partial charge in [-0.25, -0.2) is 0 Å². The molecule has 1 aromatic carbocycles. The molecule has 134 valence electrons. The maximum atomic E-state index is 12.4. The molecule has 0 radical (unpaired) electrons. The smallest absolute Gasteiger partial charge is 0.159 e. The molecule has 1 spiro atoms. The number of nitrogens with two attached hydrogens (primary N) is 1. The van der Waals surface area contributed by atoms with E-state index in [1.807, 2.05) is 6.07 Å². The van der Waals surface area contributed by atoms with E-state index >= 15 is 0 Å². The van der Waals surface area contributed by atoms with Crippen molar-refractivity contribution < 1.29 is 9.53 Å². The molecule has 3 aliphatic carbocycles. The number of carbonyl (C=O) groups is 1. The Morgan fingerprint density at radius 1 is 1.40 bits per heavy atom. The summed E-state index contributed by atoms with van der Waals surface area (Å²) in [6.07, 6.45) is 6.71. The first-order chi connectivity index (χ1) is 11.4. The van der Waals surface area contributed by atoms with Crippen molar-refractivity contribution in [2.24, 2.45) is 17.1 Å². The lowest BCUT2D eigenvalue weighted by atomic mass is 9.61. The van der Waals surface area contributed by atoms with Crippen LogP contribution in [0.4, 0.5) is 0 Å². The van der Waals surface area contributed by atoms with Crippen LogP contribution in [0, 0.1) is 16.7 Å². The molecule has 0 aromatic heterocycles. The summed E-state index contributed by atoms with van der Waals surface area (Å²) in [5, 5.41) is 8.05. The van der Waals surface area contributed by atoms with Gasteiger partial charge in [0.15, 0.2) is 5.78 Å². The first-order valence-corrected chi connectivity index (χ1v) is 8.90. The van der Waals surface area contributed by atoms with Gasteiger partial charge in [0.25, 0.3) is 0 Å². The molecule has 4 nitrogen and oxygen atoms in total. The first-order valence-electron chi connectivity index (χ1n) is 8.14. The summed E-state index contributed by atoms with van der Waals surface area (Å²) in [6, 6.07) is 1.90. The molecule has 3 N–H and O–H groups in total. The molecular formula is C18H19Cl3N2O2. The van der Waals surface area contributed by atoms with Crippen LogP contribution in [-0.4, -0.2) is 18.2 Å². The highest BCUT2D eigenvalue weighted by molar-refractivity contribution is 6.44. The number of amidine groups is 1. The number of hydrogen-bond acceptors (Lipinski definition) is 3. The minimum absolute atomic E-state index is 0. The molecule has 2 unspecified atom stereocenters. The van der Waals surface area contributed by atoms with Crippen LogP contribution in [0.5, 0.6) is 5.75 Å². The predicted octanol–water partition coefficient (Wildman–Crippen LogP) is 4.43. The van der Waals surface area contributed by atoms with Crippen LogP contribution in [0.15, 0.2) is 12.1 Å². The second-order valence-electron chi connectivity index (χ2n) is 7.06. The summed E-state index contributed by atoms with van der Waals surface area (Å²) in [5.41, 5.74) is 8.41. The van der Waals surface area contributed by atoms with Gasteiger partial charge in [0.1, 0.15) is 23.2 Å². The number of hydrogen-bond donors (Lipinski definition) is 2. The summed E-state index contributed by atoms with van der Waals surface area (Å²) in [6.45, 7) is -0.0246. The number of nitrogens with one attached hydrogen (secondary N) is 1. The fourth-order valence-electron chi connectivity index (χ4n) is 4.56. The van der Waals surface area contributed by atoms with Gasteiger partial charge in [-0.3, -0.25) is 10.2 Å². The third-order valence-electron chi connectivity index (χ3n) is 5.54. The molecule has 1 saturated carbocycles. The number of benzene rings is 1. The van der Waals surface area contributed by atoms with Gasteiger partial charge in [-0.1, -0.05) is 29.6 Å². The average molecular weight is 402 g/mol. The molecule has 4 rings (SSSR count). The van der Waals surface area contributed by atoms with Crippen molar-refractivity contribution in [2.75, 3.05) is 6.61 Å². The van der Waals surface area contributed by atoms with E-state index in [9.17, 15) is 4.79 Å². The Labute approximate surface area is 162 Å². The lowest BCUT2D eigenvalue weighted by Crippen LogP contribution is -2.35. The van der Waals surface area contributed by atoms with Crippen LogP contribution >= 0.6 is 35.6 Å². The van der Waals surface area contributed by atoms with E-state index in [1.54, 1.807) is 6.08 Å². The molecule has 25 heavy (non-hydrogen) atoms. The summed E-state index contributed by atoms with van der Waals surface area (Å²) in [5.74, 6) is 0.750. The minimum atomic E-state index is -0.0709. The molecule has 3 aliphatic rings. The van der Waals surface area contributed by atoms with Gasteiger partial charge in [-0.15, -0.1) is 12.4 Å². The van der Waals surface area contributed by atoms with E-state index in [2.05, 4.69) is 0 Å². The van der Waals surface area contributed by atoms with Crippen molar-refractivity contribution in [1.82, 2.24) is 0 Å². The second-order valence-corrected chi connectivity index (χ2v) is 7.82. The molecule has 0 saturated heterocycles. The van der Waals surface area contributed by atoms with Gasteiger partial charge < -0.3 is 10.5 Å². The minimum Gasteiger partial charge on any atom is -0.484 e. The van der Waals surface area contributed by atoms with E-state index in [0.29, 0.717) is 15.8 Å². The largest absolute Gasteiger partial charge is 0.484 e. The fraction of sp³-hybridized carbons (Fsp3) is 0.444. The monoisotopic (exact) mass is 400 g/mol. The summed E-state index contributed by atoms with van der Waals surface area (Å²) in [4.78, 5) is 12.4. The maximum Gasteiger partial charge on any atom is 0.159 e. The summed E-state index contributed by atoms with van der Waals surface area (Å²) in [7, 11) is 0. The van der Waals surface area contributed by atoms with Crippen LogP contribution in [0.2, 0.25) is 10.0 Å². The molecule has 0 amide bonds. The number of carbonyl (C=O) groups excluding carboxylic acids is 1. The Kier molecular flexibility index (Phi) is 4.82. The van der Waals surface area contributed by atoms with Gasteiger partial charge in [0.05, 0.1) is 5.02 Å². The van der Waals surface area contributed by atoms with Crippen molar-refractivity contribution in [3.8, 4) is 5.75 Å². The van der Waals surface area contributed by atoms with Crippen molar-refractivity contribution in [3.05, 3.63) is 33.3 Å². The van der Waals surface area contributed by atoms with E-state index in [0.717, 1.165) is 48.8 Å². The number of halogens is 3. The Balaban J connectivity index is 0.00000182. The van der Waals surface area contributed by atoms with Crippen LogP contribution in [0.3, 0.4) is 0 Å². The third-order valence-corrected chi connectivity index (χ3v) is 6.39. The normalized spacial score (nSPS) is 26.2. The summed E-state index contributed by atoms with van der Waals surface area (Å²) < 4.78 is 5.53. The number of fused-ring (bicyclic) bond motifs is 3. The Morgan fingerprint density at radius 3 is 2.88 bits per heavy atom. The molecular weight excluding hydrogens is 383 g/mol. The highest BCUT2D eigenvalue weighted by atomic mass is 35.5. The number of allylic oxidation sites excluding steroid dienone is 2. The molecule has 2 bridgehead atoms. The molecule has 7 heteroatoms. The van der Waals surface area contributed by atoms with Crippen LogP contribution in [-0.2, 0) is 11.2 Å². The van der Waals surface area contributed by atoms with Crippen molar-refractivity contribution in [1.29, 1.82) is 5.41 Å². The number of ether oxygens (including phenoxy) is 1. The predicted molar refractivity (Wildman–Crippen MR) is 102 cm³/mol. The SMILES string of the molecule is Cl.N=C(N)COc1cc2c(c(Cl)c1Cl)C1=CC(=O)C3CCCC1(C2)C3. The van der Waals surface area contributed by atoms with Gasteiger partial charge in [0, 0.05) is 16.9 Å². The zero-order valence-corrected chi connectivity index (χ0v) is 15.9. The Bertz CT molecular complexity index is 806. The first kappa shape index (κ1) is 18.6. The third kappa shape index (κ3) is 2.84. The van der Waals surface area contributed by atoms with Gasteiger partial charge in [0.2, 0.25) is 0 Å². The number of rotatable bonds is 3. The average Bonchev–Trinajstić information content (AvgIpc) is 2.82. The summed E-state index contributed by atoms with van der Waals surface area (Å²) >= 11 is 12.9. The topological polar surface area (TPSA) is 76.2 Å². The van der Waals surface area contributed by atoms with Gasteiger partial charge in [-0.2, -0.15) is 0 Å². The van der Waals surface area contributed by atoms with E-state index in [1.165, 1.54) is 0 Å². The zero-order valence-electron chi connectivity index (χ0n) is 13.5. The quantitative estimate of drug-likeness (QED) is 0.581. The van der Waals surface area contributed by atoms with Crippen molar-refractivity contribution in [2.45, 2.75) is 32.1 Å². The van der Waals surface area contributed by atoms with E-state index in [-0.39, 0.29) is 42.0 Å². The van der Waals surface area contributed by atoms with Gasteiger partial charge >= 0.3 is 0 Å². The zero-order chi connectivity index (χ0) is 17.1. The molecule has 0 aliphatic heterocycles. The Morgan fingerprint density at radius 2 is 2.16 bits per heavy atom. The lowest BCUT2D eigenvalue weighted by molar-refractivity contribution is -0.120. The lowest BCUT2D eigenvalue weighted by Gasteiger charge is -2.42. The standard InChI is InChI=1S/C18H18Cl2N2O2.ClH/c19-16-13(24-8-14(21)22)4-10-7-18-3-1-2-9(6-18)12(23)5-11(18)15(10)17(16)20;/h4-5,9H,1-3,6-8H2,(H3,21,22);1H. The molecule has 1 aromatic rings. The maximum absolute atomic E-state index is 12.4. The highest BCUT2D eigenvalue weighted by Gasteiger charge is 2.50. The van der Waals surface area contributed by atoms with E-state index < -0.39 is 0 Å². The van der Waals surface area contributed by atoms with Crippen LogP contribution in [0.25, 0.3) is 5.57 Å². The Hall–Kier alpha value is -1.23. The molecule has 2 atom stereocenters. The highest BCUT2D eigenvalue weighted by Crippen LogP contribution is 2.61. The van der Waals surface area contributed by atoms with Crippen molar-refractivity contribution >= 4 is 52.8 Å². The van der Waals surface area contributed by atoms with Crippen molar-refractivity contribution in [3.63, 3.8) is 0 Å². The fourth-order valence-corrected chi connectivity index (χ4v) is 5.08. The van der Waals surface area contributed by atoms with E-state index in [4.69, 9.17) is 39.1 Å². The second kappa shape index (κ2) is 6.49.